The van der Waals surface area contributed by atoms with E-state index in [4.69, 9.17) is 9.47 Å². The van der Waals surface area contributed by atoms with Crippen molar-refractivity contribution in [2.24, 2.45) is 5.92 Å². The number of fused-ring (bicyclic) bond motifs is 1. The second kappa shape index (κ2) is 10.1. The van der Waals surface area contributed by atoms with E-state index in [1.807, 2.05) is 0 Å². The minimum Gasteiger partial charge on any atom is -0.493 e. The lowest BCUT2D eigenvalue weighted by atomic mass is 9.83. The van der Waals surface area contributed by atoms with Gasteiger partial charge in [0.1, 0.15) is 23.1 Å². The highest BCUT2D eigenvalue weighted by atomic mass is 32.2. The molecule has 2 aliphatic rings. The normalized spacial score (nSPS) is 20.0. The van der Waals surface area contributed by atoms with Gasteiger partial charge in [0.2, 0.25) is 0 Å². The van der Waals surface area contributed by atoms with Gasteiger partial charge in [0, 0.05) is 28.5 Å². The van der Waals surface area contributed by atoms with Gasteiger partial charge in [-0.2, -0.15) is 21.6 Å². The average Bonchev–Trinajstić information content (AvgIpc) is 3.26. The second-order valence-electron chi connectivity index (χ2n) is 9.25. The van der Waals surface area contributed by atoms with E-state index >= 15 is 0 Å². The Labute approximate surface area is 216 Å². The SMILES string of the molecule is O=S(=O)(Nc1cccc(C[C@@H]2COc3ccc(OCc4nc(C5CCC5)cs4)cc3[C@@H]2O)c1)C(F)(F)F. The van der Waals surface area contributed by atoms with E-state index < -0.39 is 27.6 Å². The highest BCUT2D eigenvalue weighted by molar-refractivity contribution is 7.93. The summed E-state index contributed by atoms with van der Waals surface area (Å²) in [7, 11) is -5.53. The van der Waals surface area contributed by atoms with Gasteiger partial charge < -0.3 is 14.6 Å². The first-order valence-corrected chi connectivity index (χ1v) is 14.2. The second-order valence-corrected chi connectivity index (χ2v) is 11.9. The van der Waals surface area contributed by atoms with Crippen LogP contribution in [0.2, 0.25) is 0 Å². The van der Waals surface area contributed by atoms with Crippen molar-refractivity contribution >= 4 is 27.0 Å². The number of aliphatic hydroxyl groups is 1. The molecule has 5 rings (SSSR count). The molecule has 2 aromatic carbocycles. The molecule has 2 heterocycles. The maximum absolute atomic E-state index is 12.7. The monoisotopic (exact) mass is 554 g/mol. The van der Waals surface area contributed by atoms with Gasteiger partial charge in [-0.3, -0.25) is 4.72 Å². The standard InChI is InChI=1S/C25H25F3N2O5S2/c26-25(27,28)37(32,33)30-18-6-1-3-15(10-18)9-17-12-35-22-8-7-19(11-20(22)24(17)31)34-13-23-29-21(14-36-23)16-4-2-5-16/h1,3,6-8,10-11,14,16-17,24,30-31H,2,4-5,9,12-13H2/t17-,24-/m1/s1. The Morgan fingerprint density at radius 3 is 2.73 bits per heavy atom. The summed E-state index contributed by atoms with van der Waals surface area (Å²) in [6.45, 7) is 0.507. The fraction of sp³-hybridized carbons (Fsp3) is 0.400. The first-order chi connectivity index (χ1) is 17.6. The average molecular weight is 555 g/mol. The van der Waals surface area contributed by atoms with Crippen molar-refractivity contribution in [1.82, 2.24) is 4.98 Å². The zero-order valence-electron chi connectivity index (χ0n) is 19.6. The molecular formula is C25H25F3N2O5S2. The predicted molar refractivity (Wildman–Crippen MR) is 132 cm³/mol. The molecule has 1 fully saturated rings. The Morgan fingerprint density at radius 2 is 2.00 bits per heavy atom. The molecule has 2 N–H and O–H groups in total. The molecule has 0 radical (unpaired) electrons. The number of hydrogen-bond donors (Lipinski definition) is 2. The zero-order valence-corrected chi connectivity index (χ0v) is 21.2. The lowest BCUT2D eigenvalue weighted by Gasteiger charge is -2.30. The number of aromatic nitrogens is 1. The maximum Gasteiger partial charge on any atom is 0.516 e. The van der Waals surface area contributed by atoms with Crippen molar-refractivity contribution in [3.8, 4) is 11.5 Å². The maximum atomic E-state index is 12.7. The molecule has 2 atom stereocenters. The van der Waals surface area contributed by atoms with Crippen LogP contribution in [0.3, 0.4) is 0 Å². The summed E-state index contributed by atoms with van der Waals surface area (Å²) in [5.74, 6) is 1.25. The van der Waals surface area contributed by atoms with Gasteiger partial charge in [-0.15, -0.1) is 11.3 Å². The number of aliphatic hydroxyl groups excluding tert-OH is 1. The Hall–Kier alpha value is -2.83. The Morgan fingerprint density at radius 1 is 1.19 bits per heavy atom. The van der Waals surface area contributed by atoms with Crippen LogP contribution in [0.5, 0.6) is 11.5 Å². The summed E-state index contributed by atoms with van der Waals surface area (Å²) in [6.07, 6.45) is 2.96. The van der Waals surface area contributed by atoms with Crippen molar-refractivity contribution in [3.05, 3.63) is 69.7 Å². The molecule has 1 saturated carbocycles. The minimum absolute atomic E-state index is 0.190. The van der Waals surface area contributed by atoms with Gasteiger partial charge in [0.05, 0.1) is 18.4 Å². The third kappa shape index (κ3) is 5.70. The third-order valence-corrected chi connectivity index (χ3v) is 8.59. The molecule has 198 valence electrons. The largest absolute Gasteiger partial charge is 0.516 e. The van der Waals surface area contributed by atoms with E-state index in [1.165, 1.54) is 37.5 Å². The number of halogens is 3. The number of thiazole rings is 1. The van der Waals surface area contributed by atoms with Gasteiger partial charge in [0.15, 0.2) is 0 Å². The fourth-order valence-corrected chi connectivity index (χ4v) is 5.74. The summed E-state index contributed by atoms with van der Waals surface area (Å²) in [4.78, 5) is 4.67. The van der Waals surface area contributed by atoms with Crippen molar-refractivity contribution in [1.29, 1.82) is 0 Å². The number of nitrogens with one attached hydrogen (secondary N) is 1. The van der Waals surface area contributed by atoms with Crippen molar-refractivity contribution < 1.29 is 36.2 Å². The molecule has 0 spiro atoms. The van der Waals surface area contributed by atoms with Crippen molar-refractivity contribution in [2.75, 3.05) is 11.3 Å². The predicted octanol–water partition coefficient (Wildman–Crippen LogP) is 5.54. The highest BCUT2D eigenvalue weighted by Gasteiger charge is 2.46. The molecule has 1 aromatic heterocycles. The number of sulfonamides is 1. The third-order valence-electron chi connectivity index (χ3n) is 6.64. The van der Waals surface area contributed by atoms with Crippen LogP contribution in [-0.4, -0.2) is 30.6 Å². The number of benzene rings is 2. The Bertz CT molecular complexity index is 1370. The smallest absolute Gasteiger partial charge is 0.493 e. The van der Waals surface area contributed by atoms with Gasteiger partial charge >= 0.3 is 15.5 Å². The minimum atomic E-state index is -5.53. The molecule has 7 nitrogen and oxygen atoms in total. The summed E-state index contributed by atoms with van der Waals surface area (Å²) < 4.78 is 74.2. The molecular weight excluding hydrogens is 529 g/mol. The van der Waals surface area contributed by atoms with Gasteiger partial charge in [0.25, 0.3) is 0 Å². The molecule has 12 heteroatoms. The first kappa shape index (κ1) is 25.8. The number of alkyl halides is 3. The molecule has 0 bridgehead atoms. The van der Waals surface area contributed by atoms with Crippen LogP contribution in [0.15, 0.2) is 47.8 Å². The quantitative estimate of drug-likeness (QED) is 0.380. The van der Waals surface area contributed by atoms with E-state index in [9.17, 15) is 26.7 Å². The van der Waals surface area contributed by atoms with Gasteiger partial charge in [-0.1, -0.05) is 18.6 Å². The lowest BCUT2D eigenvalue weighted by Crippen LogP contribution is -2.30. The Balaban J connectivity index is 1.24. The van der Waals surface area contributed by atoms with E-state index in [1.54, 1.807) is 40.3 Å². The topological polar surface area (TPSA) is 97.8 Å². The van der Waals surface area contributed by atoms with E-state index in [0.29, 0.717) is 35.2 Å². The zero-order chi connectivity index (χ0) is 26.2. The van der Waals surface area contributed by atoms with Crippen LogP contribution in [0.1, 0.15) is 53.1 Å². The number of ether oxygens (including phenoxy) is 2. The first-order valence-electron chi connectivity index (χ1n) is 11.8. The van der Waals surface area contributed by atoms with Crippen LogP contribution < -0.4 is 14.2 Å². The van der Waals surface area contributed by atoms with Crippen LogP contribution >= 0.6 is 11.3 Å². The lowest BCUT2D eigenvalue weighted by molar-refractivity contribution is -0.0429. The summed E-state index contributed by atoms with van der Waals surface area (Å²) in [5.41, 5.74) is -3.39. The van der Waals surface area contributed by atoms with E-state index in [0.717, 1.165) is 10.7 Å². The van der Waals surface area contributed by atoms with Crippen LogP contribution in [0, 0.1) is 5.92 Å². The van der Waals surface area contributed by atoms with E-state index in [-0.39, 0.29) is 18.7 Å². The molecule has 37 heavy (non-hydrogen) atoms. The fourth-order valence-electron chi connectivity index (χ4n) is 4.40. The number of nitrogens with zero attached hydrogens (tertiary/aromatic N) is 1. The van der Waals surface area contributed by atoms with Crippen molar-refractivity contribution in [3.63, 3.8) is 0 Å². The summed E-state index contributed by atoms with van der Waals surface area (Å²) >= 11 is 1.57. The molecule has 3 aromatic rings. The summed E-state index contributed by atoms with van der Waals surface area (Å²) in [5, 5.41) is 14.0. The molecule has 1 aliphatic heterocycles. The Kier molecular flexibility index (Phi) is 7.08. The summed E-state index contributed by atoms with van der Waals surface area (Å²) in [6, 6.07) is 10.9. The van der Waals surface area contributed by atoms with Crippen LogP contribution in [0.25, 0.3) is 0 Å². The number of hydrogen-bond acceptors (Lipinski definition) is 7. The van der Waals surface area contributed by atoms with Gasteiger partial charge in [-0.05, 0) is 55.2 Å². The van der Waals surface area contributed by atoms with Crippen molar-refractivity contribution in [2.45, 2.75) is 49.8 Å². The van der Waals surface area contributed by atoms with Crippen LogP contribution in [0.4, 0.5) is 18.9 Å². The number of rotatable bonds is 8. The molecule has 0 unspecified atom stereocenters. The van der Waals surface area contributed by atoms with E-state index in [2.05, 4.69) is 10.4 Å². The molecule has 0 saturated heterocycles. The molecule has 0 amide bonds. The van der Waals surface area contributed by atoms with Crippen LogP contribution in [-0.2, 0) is 23.1 Å². The molecule has 1 aliphatic carbocycles. The number of anilines is 1. The highest BCUT2D eigenvalue weighted by Crippen LogP contribution is 2.40. The van der Waals surface area contributed by atoms with Gasteiger partial charge in [-0.25, -0.2) is 4.98 Å².